The predicted octanol–water partition coefficient (Wildman–Crippen LogP) is 4.13. The molecule has 2 rings (SSSR count). The molecule has 0 aromatic heterocycles. The van der Waals surface area contributed by atoms with Gasteiger partial charge < -0.3 is 14.8 Å². The lowest BCUT2D eigenvalue weighted by molar-refractivity contribution is -0.123. The van der Waals surface area contributed by atoms with Gasteiger partial charge in [0.1, 0.15) is 11.3 Å². The number of esters is 1. The monoisotopic (exact) mass is 369 g/mol. The highest BCUT2D eigenvalue weighted by Gasteiger charge is 2.22. The van der Waals surface area contributed by atoms with Crippen LogP contribution in [0, 0.1) is 0 Å². The Balaban J connectivity index is 2.03. The van der Waals surface area contributed by atoms with Crippen molar-refractivity contribution in [1.82, 2.24) is 0 Å². The van der Waals surface area contributed by atoms with Crippen molar-refractivity contribution in [2.24, 2.45) is 0 Å². The van der Waals surface area contributed by atoms with E-state index in [4.69, 9.17) is 16.3 Å². The first-order chi connectivity index (χ1) is 11.9. The highest BCUT2D eigenvalue weighted by molar-refractivity contribution is 6.30. The van der Waals surface area contributed by atoms with Crippen molar-refractivity contribution in [3.63, 3.8) is 0 Å². The van der Waals surface area contributed by atoms with E-state index in [-0.39, 0.29) is 11.3 Å². The molecule has 0 fully saturated rings. The fourth-order valence-corrected chi connectivity index (χ4v) is 2.11. The molecule has 0 saturated carbocycles. The fourth-order valence-electron chi connectivity index (χ4n) is 1.92. The van der Waals surface area contributed by atoms with Crippen molar-refractivity contribution in [2.45, 2.75) is 19.6 Å². The van der Waals surface area contributed by atoms with Gasteiger partial charge in [0.05, 0.1) is 0 Å². The van der Waals surface area contributed by atoms with E-state index in [1.807, 2.05) is 0 Å². The number of rotatable bonds is 6. The van der Waals surface area contributed by atoms with Crippen molar-refractivity contribution in [1.29, 1.82) is 0 Å². The normalized spacial score (nSPS) is 11.7. The lowest BCUT2D eigenvalue weighted by atomic mass is 10.2. The number of ether oxygens (including phenoxy) is 2. The van der Waals surface area contributed by atoms with Crippen LogP contribution in [-0.4, -0.2) is 24.6 Å². The molecule has 132 valence electrons. The van der Waals surface area contributed by atoms with E-state index < -0.39 is 24.6 Å². The Morgan fingerprint density at radius 2 is 1.84 bits per heavy atom. The summed E-state index contributed by atoms with van der Waals surface area (Å²) in [6.45, 7) is -1.73. The van der Waals surface area contributed by atoms with Gasteiger partial charge in [-0.05, 0) is 37.3 Å². The predicted molar refractivity (Wildman–Crippen MR) is 88.0 cm³/mol. The molecule has 0 unspecified atom stereocenters. The van der Waals surface area contributed by atoms with E-state index in [0.717, 1.165) is 0 Å². The number of carbonyl (C=O) groups is 2. The molecule has 0 spiro atoms. The second-order valence-corrected chi connectivity index (χ2v) is 5.36. The van der Waals surface area contributed by atoms with Crippen LogP contribution in [0.5, 0.6) is 5.75 Å². The van der Waals surface area contributed by atoms with Gasteiger partial charge in [0, 0.05) is 10.7 Å². The Bertz CT molecular complexity index is 770. The van der Waals surface area contributed by atoms with Crippen LogP contribution in [0.2, 0.25) is 5.02 Å². The molecule has 1 N–H and O–H groups in total. The average Bonchev–Trinajstić information content (AvgIpc) is 2.54. The van der Waals surface area contributed by atoms with Crippen molar-refractivity contribution in [3.05, 3.63) is 59.1 Å². The van der Waals surface area contributed by atoms with E-state index in [0.29, 0.717) is 10.7 Å². The van der Waals surface area contributed by atoms with Crippen LogP contribution in [-0.2, 0) is 9.53 Å². The summed E-state index contributed by atoms with van der Waals surface area (Å²) in [7, 11) is 0. The van der Waals surface area contributed by atoms with Gasteiger partial charge >= 0.3 is 12.6 Å². The first-order valence-corrected chi connectivity index (χ1v) is 7.56. The second-order valence-electron chi connectivity index (χ2n) is 4.92. The Morgan fingerprint density at radius 1 is 1.12 bits per heavy atom. The van der Waals surface area contributed by atoms with Gasteiger partial charge in [-0.15, -0.1) is 0 Å². The molecule has 1 atom stereocenters. The van der Waals surface area contributed by atoms with Crippen molar-refractivity contribution in [2.75, 3.05) is 5.32 Å². The second kappa shape index (κ2) is 8.43. The van der Waals surface area contributed by atoms with Crippen LogP contribution >= 0.6 is 11.6 Å². The number of amides is 1. The molecule has 0 aliphatic heterocycles. The largest absolute Gasteiger partial charge is 0.449 e. The maximum absolute atomic E-state index is 12.4. The van der Waals surface area contributed by atoms with Crippen LogP contribution in [0.25, 0.3) is 0 Å². The fraction of sp³-hybridized carbons (Fsp3) is 0.176. The zero-order valence-electron chi connectivity index (χ0n) is 13.0. The maximum atomic E-state index is 12.4. The van der Waals surface area contributed by atoms with E-state index in [9.17, 15) is 18.4 Å². The maximum Gasteiger partial charge on any atom is 0.387 e. The van der Waals surface area contributed by atoms with Gasteiger partial charge in [-0.25, -0.2) is 4.79 Å². The van der Waals surface area contributed by atoms with Crippen LogP contribution < -0.4 is 10.1 Å². The van der Waals surface area contributed by atoms with E-state index in [1.165, 1.54) is 37.3 Å². The summed E-state index contributed by atoms with van der Waals surface area (Å²) in [6, 6.07) is 11.8. The molecule has 0 saturated heterocycles. The quantitative estimate of drug-likeness (QED) is 0.778. The molecule has 0 heterocycles. The molecule has 1 amide bonds. The number of hydrogen-bond donors (Lipinski definition) is 1. The smallest absolute Gasteiger partial charge is 0.387 e. The van der Waals surface area contributed by atoms with Gasteiger partial charge in [-0.2, -0.15) is 8.78 Å². The SMILES string of the molecule is C[C@@H](OC(=O)c1ccccc1OC(F)F)C(=O)Nc1cccc(Cl)c1. The van der Waals surface area contributed by atoms with Gasteiger partial charge in [0.15, 0.2) is 6.10 Å². The van der Waals surface area contributed by atoms with Crippen LogP contribution in [0.1, 0.15) is 17.3 Å². The Morgan fingerprint density at radius 3 is 2.52 bits per heavy atom. The Labute approximate surface area is 147 Å². The molecule has 25 heavy (non-hydrogen) atoms. The third-order valence-electron chi connectivity index (χ3n) is 3.07. The van der Waals surface area contributed by atoms with Crippen molar-refractivity contribution < 1.29 is 27.8 Å². The Kier molecular flexibility index (Phi) is 6.30. The number of alkyl halides is 2. The average molecular weight is 370 g/mol. The zero-order valence-corrected chi connectivity index (χ0v) is 13.8. The molecule has 2 aromatic carbocycles. The number of nitrogens with one attached hydrogen (secondary N) is 1. The van der Waals surface area contributed by atoms with E-state index in [1.54, 1.807) is 18.2 Å². The van der Waals surface area contributed by atoms with E-state index >= 15 is 0 Å². The third kappa shape index (κ3) is 5.42. The summed E-state index contributed by atoms with van der Waals surface area (Å²) in [5.41, 5.74) is 0.229. The molecule has 5 nitrogen and oxygen atoms in total. The van der Waals surface area contributed by atoms with Gasteiger partial charge in [-0.3, -0.25) is 4.79 Å². The number of hydrogen-bond acceptors (Lipinski definition) is 4. The number of anilines is 1. The standard InChI is InChI=1S/C17H14ClF2NO4/c1-10(15(22)21-12-6-4-5-11(18)9-12)24-16(23)13-7-2-3-8-14(13)25-17(19)20/h2-10,17H,1H3,(H,21,22)/t10-/m1/s1. The minimum absolute atomic E-state index is 0.204. The lowest BCUT2D eigenvalue weighted by Gasteiger charge is -2.15. The van der Waals surface area contributed by atoms with Gasteiger partial charge in [0.2, 0.25) is 0 Å². The molecule has 0 aliphatic carbocycles. The highest BCUT2D eigenvalue weighted by Crippen LogP contribution is 2.22. The number of benzene rings is 2. The van der Waals surface area contributed by atoms with Crippen molar-refractivity contribution >= 4 is 29.2 Å². The third-order valence-corrected chi connectivity index (χ3v) is 3.30. The molecule has 0 aliphatic rings. The lowest BCUT2D eigenvalue weighted by Crippen LogP contribution is -2.30. The molecular weight excluding hydrogens is 356 g/mol. The molecule has 0 bridgehead atoms. The first-order valence-electron chi connectivity index (χ1n) is 7.18. The summed E-state index contributed by atoms with van der Waals surface area (Å²) < 4.78 is 34.0. The first kappa shape index (κ1) is 18.7. The summed E-state index contributed by atoms with van der Waals surface area (Å²) >= 11 is 5.82. The summed E-state index contributed by atoms with van der Waals surface area (Å²) in [5.74, 6) is -1.88. The molecule has 8 heteroatoms. The van der Waals surface area contributed by atoms with Crippen LogP contribution in [0.4, 0.5) is 14.5 Å². The topological polar surface area (TPSA) is 64.6 Å². The summed E-state index contributed by atoms with van der Waals surface area (Å²) in [5, 5.41) is 2.97. The highest BCUT2D eigenvalue weighted by atomic mass is 35.5. The number of carbonyl (C=O) groups excluding carboxylic acids is 2. The molecule has 2 aromatic rings. The summed E-state index contributed by atoms with van der Waals surface area (Å²) in [6.07, 6.45) is -1.16. The minimum atomic E-state index is -3.09. The zero-order chi connectivity index (χ0) is 18.4. The number of halogens is 3. The van der Waals surface area contributed by atoms with Gasteiger partial charge in [0.25, 0.3) is 5.91 Å². The minimum Gasteiger partial charge on any atom is -0.449 e. The van der Waals surface area contributed by atoms with Gasteiger partial charge in [-0.1, -0.05) is 29.8 Å². The molecule has 0 radical (unpaired) electrons. The summed E-state index contributed by atoms with van der Waals surface area (Å²) in [4.78, 5) is 24.2. The Hall–Kier alpha value is -2.67. The van der Waals surface area contributed by atoms with Crippen LogP contribution in [0.15, 0.2) is 48.5 Å². The molecular formula is C17H14ClF2NO4. The number of para-hydroxylation sites is 1. The van der Waals surface area contributed by atoms with Crippen LogP contribution in [0.3, 0.4) is 0 Å². The van der Waals surface area contributed by atoms with E-state index in [2.05, 4.69) is 10.1 Å². The van der Waals surface area contributed by atoms with Crippen molar-refractivity contribution in [3.8, 4) is 5.75 Å².